The molecule has 0 amide bonds. The number of nitrogens with zero attached hydrogens (tertiary/aromatic N) is 1. The van der Waals surface area contributed by atoms with Gasteiger partial charge in [-0.25, -0.2) is 0 Å². The molecule has 2 aromatic rings. The lowest BCUT2D eigenvalue weighted by atomic mass is 9.98. The maximum Gasteiger partial charge on any atom is 0.0712 e. The topological polar surface area (TPSA) is 3.24 Å². The maximum atomic E-state index is 6.63. The summed E-state index contributed by atoms with van der Waals surface area (Å²) in [4.78, 5) is 2.50. The van der Waals surface area contributed by atoms with Crippen LogP contribution in [0.4, 0.5) is 0 Å². The molecule has 1 unspecified atom stereocenters. The first-order chi connectivity index (χ1) is 10.7. The molecule has 0 radical (unpaired) electrons. The molecule has 22 heavy (non-hydrogen) atoms. The van der Waals surface area contributed by atoms with E-state index in [1.165, 1.54) is 42.6 Å². The number of hydrogen-bond donors (Lipinski definition) is 0. The molecule has 0 spiro atoms. The molecule has 116 valence electrons. The van der Waals surface area contributed by atoms with Crippen LogP contribution in [0.5, 0.6) is 0 Å². The van der Waals surface area contributed by atoms with E-state index in [9.17, 15) is 0 Å². The normalized spacial score (nSPS) is 18.3. The van der Waals surface area contributed by atoms with E-state index in [-0.39, 0.29) is 5.38 Å². The van der Waals surface area contributed by atoms with E-state index in [1.807, 2.05) is 6.07 Å². The number of hydrogen-bond acceptors (Lipinski definition) is 1. The quantitative estimate of drug-likeness (QED) is 0.686. The van der Waals surface area contributed by atoms with Crippen molar-refractivity contribution in [3.8, 4) is 11.1 Å². The van der Waals surface area contributed by atoms with E-state index in [1.54, 1.807) is 0 Å². The van der Waals surface area contributed by atoms with Gasteiger partial charge in [0.1, 0.15) is 0 Å². The molecule has 2 aromatic carbocycles. The highest BCUT2D eigenvalue weighted by molar-refractivity contribution is 6.21. The Hall–Kier alpha value is -1.31. The minimum absolute atomic E-state index is 0.0817. The number of alkyl halides is 1. The Morgan fingerprint density at radius 2 is 1.55 bits per heavy atom. The lowest BCUT2D eigenvalue weighted by Gasteiger charge is -2.31. The Balaban J connectivity index is 1.62. The van der Waals surface area contributed by atoms with Crippen molar-refractivity contribution >= 4 is 11.6 Å². The highest BCUT2D eigenvalue weighted by atomic mass is 35.5. The number of likely N-dealkylation sites (tertiary alicyclic amines) is 1. The molecule has 1 heterocycles. The molecular weight excluding hydrogens is 290 g/mol. The van der Waals surface area contributed by atoms with Crippen molar-refractivity contribution in [3.05, 3.63) is 60.2 Å². The number of benzene rings is 2. The van der Waals surface area contributed by atoms with Crippen LogP contribution in [-0.2, 0) is 0 Å². The summed E-state index contributed by atoms with van der Waals surface area (Å²) >= 11 is 6.63. The summed E-state index contributed by atoms with van der Waals surface area (Å²) in [6, 6.07) is 19.2. The van der Waals surface area contributed by atoms with Crippen molar-refractivity contribution in [1.82, 2.24) is 4.90 Å². The zero-order valence-corrected chi connectivity index (χ0v) is 14.0. The van der Waals surface area contributed by atoms with Crippen molar-refractivity contribution in [2.75, 3.05) is 19.6 Å². The summed E-state index contributed by atoms with van der Waals surface area (Å²) in [5.74, 6) is 0.871. The molecule has 1 atom stereocenters. The Morgan fingerprint density at radius 3 is 2.18 bits per heavy atom. The third-order valence-corrected chi connectivity index (χ3v) is 5.06. The van der Waals surface area contributed by atoms with E-state index in [4.69, 9.17) is 11.6 Å². The number of piperidine rings is 1. The average Bonchev–Trinajstić information content (AvgIpc) is 2.58. The van der Waals surface area contributed by atoms with Crippen molar-refractivity contribution in [2.45, 2.75) is 25.1 Å². The van der Waals surface area contributed by atoms with Crippen molar-refractivity contribution < 1.29 is 0 Å². The summed E-state index contributed by atoms with van der Waals surface area (Å²) in [7, 11) is 0. The molecule has 1 aliphatic rings. The largest absolute Gasteiger partial charge is 0.302 e. The van der Waals surface area contributed by atoms with Gasteiger partial charge >= 0.3 is 0 Å². The third kappa shape index (κ3) is 3.91. The van der Waals surface area contributed by atoms with E-state index in [0.717, 1.165) is 12.5 Å². The van der Waals surface area contributed by atoms with Crippen LogP contribution >= 0.6 is 11.6 Å². The molecule has 0 aliphatic carbocycles. The fraction of sp³-hybridized carbons (Fsp3) is 0.400. The van der Waals surface area contributed by atoms with Crippen molar-refractivity contribution in [3.63, 3.8) is 0 Å². The van der Waals surface area contributed by atoms with Crippen molar-refractivity contribution in [2.24, 2.45) is 5.92 Å². The molecule has 1 aliphatic heterocycles. The van der Waals surface area contributed by atoms with E-state index in [0.29, 0.717) is 0 Å². The van der Waals surface area contributed by atoms with Gasteiger partial charge in [-0.1, -0.05) is 61.5 Å². The minimum atomic E-state index is 0.0817. The van der Waals surface area contributed by atoms with Gasteiger partial charge in [0, 0.05) is 6.54 Å². The zero-order chi connectivity index (χ0) is 15.4. The van der Waals surface area contributed by atoms with Gasteiger partial charge in [-0.05, 0) is 48.5 Å². The molecule has 1 saturated heterocycles. The zero-order valence-electron chi connectivity index (χ0n) is 13.2. The van der Waals surface area contributed by atoms with E-state index < -0.39 is 0 Å². The fourth-order valence-electron chi connectivity index (χ4n) is 3.09. The Labute approximate surface area is 138 Å². The monoisotopic (exact) mass is 313 g/mol. The highest BCUT2D eigenvalue weighted by Gasteiger charge is 2.19. The standard InChI is InChI=1S/C20H24ClN/c1-16-11-13-22(14-12-16)15-20(21)19-9-7-18(8-10-19)17-5-3-2-4-6-17/h2-10,16,20H,11-15H2,1H3. The van der Waals surface area contributed by atoms with Crippen LogP contribution in [0.2, 0.25) is 0 Å². The van der Waals surface area contributed by atoms with Gasteiger partial charge < -0.3 is 4.90 Å². The van der Waals surface area contributed by atoms with Crippen LogP contribution in [0.25, 0.3) is 11.1 Å². The first kappa shape index (κ1) is 15.6. The summed E-state index contributed by atoms with van der Waals surface area (Å²) in [6.07, 6.45) is 2.60. The molecule has 0 bridgehead atoms. The summed E-state index contributed by atoms with van der Waals surface area (Å²) in [6.45, 7) is 5.68. The highest BCUT2D eigenvalue weighted by Crippen LogP contribution is 2.27. The molecule has 0 N–H and O–H groups in total. The summed E-state index contributed by atoms with van der Waals surface area (Å²) in [5.41, 5.74) is 3.73. The first-order valence-corrected chi connectivity index (χ1v) is 8.68. The van der Waals surface area contributed by atoms with Gasteiger partial charge in [0.05, 0.1) is 5.38 Å². The van der Waals surface area contributed by atoms with Crippen LogP contribution in [0.15, 0.2) is 54.6 Å². The summed E-state index contributed by atoms with van der Waals surface area (Å²) in [5, 5.41) is 0.0817. The van der Waals surface area contributed by atoms with Crippen LogP contribution in [0.1, 0.15) is 30.7 Å². The lowest BCUT2D eigenvalue weighted by Crippen LogP contribution is -2.35. The molecule has 0 aromatic heterocycles. The van der Waals surface area contributed by atoms with Crippen LogP contribution in [0, 0.1) is 5.92 Å². The first-order valence-electron chi connectivity index (χ1n) is 8.24. The van der Waals surface area contributed by atoms with Gasteiger partial charge in [-0.3, -0.25) is 0 Å². The number of rotatable bonds is 4. The Kier molecular flexibility index (Phi) is 5.17. The SMILES string of the molecule is CC1CCN(CC(Cl)c2ccc(-c3ccccc3)cc2)CC1. The van der Waals surface area contributed by atoms with Gasteiger partial charge in [0.25, 0.3) is 0 Å². The van der Waals surface area contributed by atoms with Gasteiger partial charge in [-0.15, -0.1) is 11.6 Å². The number of halogens is 1. The predicted octanol–water partition coefficient (Wildman–Crippen LogP) is 5.37. The average molecular weight is 314 g/mol. The second-order valence-corrected chi connectivity index (χ2v) is 6.97. The second-order valence-electron chi connectivity index (χ2n) is 6.44. The van der Waals surface area contributed by atoms with Crippen LogP contribution < -0.4 is 0 Å². The molecule has 1 fully saturated rings. The minimum Gasteiger partial charge on any atom is -0.302 e. The Bertz CT molecular complexity index is 570. The van der Waals surface area contributed by atoms with Crippen LogP contribution in [0.3, 0.4) is 0 Å². The van der Waals surface area contributed by atoms with Gasteiger partial charge in [0.15, 0.2) is 0 Å². The Morgan fingerprint density at radius 1 is 0.955 bits per heavy atom. The molecular formula is C20H24ClN. The van der Waals surface area contributed by atoms with Crippen LogP contribution in [-0.4, -0.2) is 24.5 Å². The van der Waals surface area contributed by atoms with E-state index in [2.05, 4.69) is 60.4 Å². The second kappa shape index (κ2) is 7.30. The lowest BCUT2D eigenvalue weighted by molar-refractivity contribution is 0.192. The third-order valence-electron chi connectivity index (χ3n) is 4.67. The fourth-order valence-corrected chi connectivity index (χ4v) is 3.43. The molecule has 3 rings (SSSR count). The predicted molar refractivity (Wildman–Crippen MR) is 95.3 cm³/mol. The van der Waals surface area contributed by atoms with Gasteiger partial charge in [0.2, 0.25) is 0 Å². The summed E-state index contributed by atoms with van der Waals surface area (Å²) < 4.78 is 0. The van der Waals surface area contributed by atoms with Crippen molar-refractivity contribution in [1.29, 1.82) is 0 Å². The van der Waals surface area contributed by atoms with E-state index >= 15 is 0 Å². The van der Waals surface area contributed by atoms with Gasteiger partial charge in [-0.2, -0.15) is 0 Å². The smallest absolute Gasteiger partial charge is 0.0712 e. The molecule has 0 saturated carbocycles. The molecule has 1 nitrogen and oxygen atoms in total. The maximum absolute atomic E-state index is 6.63. The molecule has 2 heteroatoms.